The first-order valence-electron chi connectivity index (χ1n) is 16.2. The molecule has 0 N–H and O–H groups in total. The molecule has 5 heteroatoms. The van der Waals surface area contributed by atoms with Crippen molar-refractivity contribution in [2.75, 3.05) is 0 Å². The van der Waals surface area contributed by atoms with Crippen LogP contribution in [-0.4, -0.2) is 20.2 Å². The van der Waals surface area contributed by atoms with Crippen molar-refractivity contribution in [3.05, 3.63) is 157 Å². The van der Waals surface area contributed by atoms with Gasteiger partial charge < -0.3 is 4.42 Å². The Balaban J connectivity index is 1.11. The van der Waals surface area contributed by atoms with Crippen molar-refractivity contribution >= 4 is 44.5 Å². The molecule has 1 aliphatic carbocycles. The molecular weight excluding hydrogens is 607 g/mol. The number of para-hydroxylation sites is 1. The van der Waals surface area contributed by atoms with Gasteiger partial charge in [0.2, 0.25) is 0 Å². The van der Waals surface area contributed by atoms with Crippen molar-refractivity contribution in [2.45, 2.75) is 16.2 Å². The molecule has 10 rings (SSSR count). The minimum atomic E-state index is 0.359. The Morgan fingerprint density at radius 2 is 1.25 bits per heavy atom. The lowest BCUT2D eigenvalue weighted by atomic mass is 9.89. The SMILES string of the molecule is C1=CC2Sc3nc(-c4ccc(-c5nc(-c6ccccc6)cc(-c6cccc7oc8ccccc8c67)n5)cc4)c4ccccc4c3C2C=C1. The summed E-state index contributed by atoms with van der Waals surface area (Å²) in [5, 5.41) is 6.12. The molecule has 2 aliphatic rings. The second-order valence-electron chi connectivity index (χ2n) is 12.3. The number of benzene rings is 5. The highest BCUT2D eigenvalue weighted by atomic mass is 32.2. The zero-order valence-corrected chi connectivity index (χ0v) is 26.6. The molecule has 5 aromatic carbocycles. The molecule has 226 valence electrons. The Kier molecular flexibility index (Phi) is 6.21. The summed E-state index contributed by atoms with van der Waals surface area (Å²) in [4.78, 5) is 15.6. The van der Waals surface area contributed by atoms with E-state index in [0.29, 0.717) is 17.0 Å². The van der Waals surface area contributed by atoms with E-state index in [1.807, 2.05) is 54.2 Å². The number of furan rings is 1. The maximum Gasteiger partial charge on any atom is 0.160 e. The number of allylic oxidation sites excluding steroid dienone is 3. The molecule has 0 radical (unpaired) electrons. The lowest BCUT2D eigenvalue weighted by molar-refractivity contribution is 0.669. The smallest absolute Gasteiger partial charge is 0.160 e. The van der Waals surface area contributed by atoms with Crippen molar-refractivity contribution in [3.63, 3.8) is 0 Å². The maximum absolute atomic E-state index is 6.23. The quantitative estimate of drug-likeness (QED) is 0.193. The predicted octanol–water partition coefficient (Wildman–Crippen LogP) is 11.3. The minimum absolute atomic E-state index is 0.359. The van der Waals surface area contributed by atoms with Crippen LogP contribution in [0.3, 0.4) is 0 Å². The monoisotopic (exact) mass is 633 g/mol. The Bertz CT molecular complexity index is 2600. The van der Waals surface area contributed by atoms with E-state index in [1.165, 1.54) is 16.3 Å². The van der Waals surface area contributed by atoms with Crippen LogP contribution >= 0.6 is 11.8 Å². The molecule has 2 unspecified atom stereocenters. The van der Waals surface area contributed by atoms with Crippen LogP contribution in [0.5, 0.6) is 0 Å². The summed E-state index contributed by atoms with van der Waals surface area (Å²) in [7, 11) is 0. The van der Waals surface area contributed by atoms with Crippen molar-refractivity contribution in [3.8, 4) is 45.2 Å². The van der Waals surface area contributed by atoms with Gasteiger partial charge in [0.25, 0.3) is 0 Å². The highest BCUT2D eigenvalue weighted by Crippen LogP contribution is 2.51. The Morgan fingerprint density at radius 1 is 0.542 bits per heavy atom. The number of hydrogen-bond acceptors (Lipinski definition) is 5. The van der Waals surface area contributed by atoms with Gasteiger partial charge in [-0.05, 0) is 23.6 Å². The molecule has 0 saturated heterocycles. The summed E-state index contributed by atoms with van der Waals surface area (Å²) < 4.78 is 6.23. The molecule has 0 saturated carbocycles. The van der Waals surface area contributed by atoms with E-state index in [-0.39, 0.29) is 0 Å². The molecule has 8 aromatic rings. The topological polar surface area (TPSA) is 51.8 Å². The molecular formula is C43H27N3OS. The van der Waals surface area contributed by atoms with E-state index in [1.54, 1.807) is 0 Å². The highest BCUT2D eigenvalue weighted by molar-refractivity contribution is 8.00. The number of fused-ring (bicyclic) bond motifs is 8. The van der Waals surface area contributed by atoms with Crippen LogP contribution in [0.4, 0.5) is 0 Å². The lowest BCUT2D eigenvalue weighted by Crippen LogP contribution is -2.07. The average molecular weight is 634 g/mol. The first kappa shape index (κ1) is 27.3. The maximum atomic E-state index is 6.23. The lowest BCUT2D eigenvalue weighted by Gasteiger charge is -2.16. The molecule has 3 aromatic heterocycles. The van der Waals surface area contributed by atoms with Gasteiger partial charge in [-0.2, -0.15) is 0 Å². The van der Waals surface area contributed by atoms with E-state index in [4.69, 9.17) is 19.4 Å². The van der Waals surface area contributed by atoms with E-state index in [0.717, 1.165) is 66.3 Å². The van der Waals surface area contributed by atoms with Gasteiger partial charge in [-0.15, -0.1) is 0 Å². The number of aromatic nitrogens is 3. The van der Waals surface area contributed by atoms with Crippen molar-refractivity contribution in [1.82, 2.24) is 15.0 Å². The normalized spacial score (nSPS) is 16.5. The van der Waals surface area contributed by atoms with Gasteiger partial charge >= 0.3 is 0 Å². The van der Waals surface area contributed by atoms with Gasteiger partial charge in [-0.3, -0.25) is 0 Å². The van der Waals surface area contributed by atoms with Gasteiger partial charge in [0.05, 0.1) is 17.1 Å². The van der Waals surface area contributed by atoms with Crippen LogP contribution in [0, 0.1) is 0 Å². The van der Waals surface area contributed by atoms with E-state index >= 15 is 0 Å². The molecule has 0 amide bonds. The summed E-state index contributed by atoms with van der Waals surface area (Å²) in [5.41, 5.74) is 9.88. The Morgan fingerprint density at radius 3 is 2.12 bits per heavy atom. The number of hydrogen-bond donors (Lipinski definition) is 0. The Labute approximate surface area is 281 Å². The van der Waals surface area contributed by atoms with Gasteiger partial charge in [-0.1, -0.05) is 145 Å². The van der Waals surface area contributed by atoms with Crippen LogP contribution in [0.15, 0.2) is 161 Å². The number of pyridine rings is 1. The fourth-order valence-electron chi connectivity index (χ4n) is 7.22. The predicted molar refractivity (Wildman–Crippen MR) is 197 cm³/mol. The number of thioether (sulfide) groups is 1. The zero-order chi connectivity index (χ0) is 31.6. The van der Waals surface area contributed by atoms with Crippen molar-refractivity contribution in [2.24, 2.45) is 0 Å². The fourth-order valence-corrected chi connectivity index (χ4v) is 8.54. The third-order valence-electron chi connectivity index (χ3n) is 9.47. The molecule has 4 heterocycles. The zero-order valence-electron chi connectivity index (χ0n) is 25.7. The second-order valence-corrected chi connectivity index (χ2v) is 13.5. The second kappa shape index (κ2) is 10.9. The average Bonchev–Trinajstić information content (AvgIpc) is 3.73. The highest BCUT2D eigenvalue weighted by Gasteiger charge is 2.34. The summed E-state index contributed by atoms with van der Waals surface area (Å²) in [6, 6.07) is 44.0. The molecule has 0 spiro atoms. The van der Waals surface area contributed by atoms with E-state index in [2.05, 4.69) is 109 Å². The van der Waals surface area contributed by atoms with Crippen LogP contribution in [0.25, 0.3) is 77.9 Å². The number of nitrogens with zero attached hydrogens (tertiary/aromatic N) is 3. The minimum Gasteiger partial charge on any atom is -0.456 e. The summed E-state index contributed by atoms with van der Waals surface area (Å²) in [6.07, 6.45) is 8.93. The standard InChI is InChI=1S/C43H27N3OS/c1-2-11-26(12-3-1)34-25-35(31-17-10-19-37-39(31)32-15-6-8-18-36(32)47-37)45-42(44-34)28-23-21-27(22-24-28)41-30-14-5-4-13-29(30)40-33-16-7-9-20-38(33)48-43(40)46-41/h1-25,33,38H. The van der Waals surface area contributed by atoms with Gasteiger partial charge in [0, 0.05) is 55.1 Å². The third-order valence-corrected chi connectivity index (χ3v) is 10.7. The van der Waals surface area contributed by atoms with Gasteiger partial charge in [-0.25, -0.2) is 15.0 Å². The molecule has 0 bridgehead atoms. The largest absolute Gasteiger partial charge is 0.456 e. The van der Waals surface area contributed by atoms with Crippen molar-refractivity contribution in [1.29, 1.82) is 0 Å². The first-order chi connectivity index (χ1) is 23.8. The van der Waals surface area contributed by atoms with Gasteiger partial charge in [0.1, 0.15) is 16.2 Å². The molecule has 4 nitrogen and oxygen atoms in total. The summed E-state index contributed by atoms with van der Waals surface area (Å²) >= 11 is 1.87. The van der Waals surface area contributed by atoms with Crippen LogP contribution in [0.1, 0.15) is 11.5 Å². The molecule has 0 fully saturated rings. The van der Waals surface area contributed by atoms with E-state index < -0.39 is 0 Å². The first-order valence-corrected chi connectivity index (χ1v) is 17.1. The molecule has 2 atom stereocenters. The van der Waals surface area contributed by atoms with E-state index in [9.17, 15) is 0 Å². The molecule has 1 aliphatic heterocycles. The number of rotatable bonds is 4. The Hall–Kier alpha value is -5.78. The van der Waals surface area contributed by atoms with Crippen LogP contribution in [0.2, 0.25) is 0 Å². The van der Waals surface area contributed by atoms with Crippen LogP contribution in [-0.2, 0) is 0 Å². The van der Waals surface area contributed by atoms with Gasteiger partial charge in [0.15, 0.2) is 5.82 Å². The molecule has 48 heavy (non-hydrogen) atoms. The fraction of sp³-hybridized carbons (Fsp3) is 0.0465. The summed E-state index contributed by atoms with van der Waals surface area (Å²) in [6.45, 7) is 0. The third kappa shape index (κ3) is 4.35. The van der Waals surface area contributed by atoms with Crippen molar-refractivity contribution < 1.29 is 4.42 Å². The van der Waals surface area contributed by atoms with Crippen LogP contribution < -0.4 is 0 Å². The summed E-state index contributed by atoms with van der Waals surface area (Å²) in [5.74, 6) is 1.03.